The fraction of sp³-hybridized carbons (Fsp3) is 0.231. The van der Waals surface area contributed by atoms with Crippen LogP contribution in [0.25, 0.3) is 0 Å². The summed E-state index contributed by atoms with van der Waals surface area (Å²) in [5.74, 6) is -0.903. The van der Waals surface area contributed by atoms with Gasteiger partial charge in [0.15, 0.2) is 0 Å². The normalized spacial score (nSPS) is 10.5. The lowest BCUT2D eigenvalue weighted by molar-refractivity contribution is 0.0950. The molecule has 0 spiro atoms. The van der Waals surface area contributed by atoms with Gasteiger partial charge in [-0.15, -0.1) is 0 Å². The molecule has 0 radical (unpaired) electrons. The first-order chi connectivity index (χ1) is 8.99. The minimum absolute atomic E-state index is 0.128. The average Bonchev–Trinajstić information content (AvgIpc) is 2.70. The van der Waals surface area contributed by atoms with Gasteiger partial charge in [0.1, 0.15) is 5.82 Å². The Morgan fingerprint density at radius 2 is 2.26 bits per heavy atom. The highest BCUT2D eigenvalue weighted by Gasteiger charge is 2.12. The van der Waals surface area contributed by atoms with Crippen molar-refractivity contribution >= 4 is 17.5 Å². The van der Waals surface area contributed by atoms with E-state index in [1.54, 1.807) is 10.9 Å². The fourth-order valence-electron chi connectivity index (χ4n) is 1.66. The van der Waals surface area contributed by atoms with Crippen LogP contribution >= 0.6 is 11.6 Å². The molecule has 1 heterocycles. The maximum Gasteiger partial charge on any atom is 0.253 e. The van der Waals surface area contributed by atoms with Gasteiger partial charge in [-0.3, -0.25) is 9.48 Å². The molecule has 1 N–H and O–H groups in total. The number of halogens is 2. The number of rotatable bonds is 3. The second-order valence-corrected chi connectivity index (χ2v) is 4.59. The van der Waals surface area contributed by atoms with Gasteiger partial charge in [0, 0.05) is 24.8 Å². The summed E-state index contributed by atoms with van der Waals surface area (Å²) in [6, 6.07) is 3.69. The summed E-state index contributed by atoms with van der Waals surface area (Å²) in [5, 5.41) is 7.00. The molecule has 0 saturated carbocycles. The number of carbonyl (C=O) groups excluding carboxylic acids is 1. The van der Waals surface area contributed by atoms with Gasteiger partial charge in [0.25, 0.3) is 5.91 Å². The number of nitrogens with zero attached hydrogens (tertiary/aromatic N) is 2. The van der Waals surface area contributed by atoms with Crippen molar-refractivity contribution < 1.29 is 9.18 Å². The summed E-state index contributed by atoms with van der Waals surface area (Å²) in [6.07, 6.45) is 1.68. The Hall–Kier alpha value is -1.88. The number of amides is 1. The van der Waals surface area contributed by atoms with Gasteiger partial charge in [-0.05, 0) is 25.1 Å². The number of aromatic nitrogens is 2. The van der Waals surface area contributed by atoms with Gasteiger partial charge in [-0.1, -0.05) is 11.6 Å². The zero-order valence-electron chi connectivity index (χ0n) is 10.6. The molecular formula is C13H13ClFN3O. The van der Waals surface area contributed by atoms with Crippen LogP contribution in [-0.4, -0.2) is 15.7 Å². The maximum absolute atomic E-state index is 13.1. The maximum atomic E-state index is 13.1. The van der Waals surface area contributed by atoms with Gasteiger partial charge in [-0.25, -0.2) is 4.39 Å². The standard InChI is InChI=1S/C13H13ClFN3O/c1-8-9(7-17-18(8)2)6-16-13(19)11-5-10(15)3-4-12(11)14/h3-5,7H,6H2,1-2H3,(H,16,19). The zero-order chi connectivity index (χ0) is 14.0. The quantitative estimate of drug-likeness (QED) is 0.939. The van der Waals surface area contributed by atoms with Crippen LogP contribution in [0.15, 0.2) is 24.4 Å². The van der Waals surface area contributed by atoms with E-state index in [1.807, 2.05) is 14.0 Å². The van der Waals surface area contributed by atoms with Crippen molar-refractivity contribution in [2.45, 2.75) is 13.5 Å². The molecule has 6 heteroatoms. The van der Waals surface area contributed by atoms with Gasteiger partial charge >= 0.3 is 0 Å². The van der Waals surface area contributed by atoms with Crippen LogP contribution < -0.4 is 5.32 Å². The van der Waals surface area contributed by atoms with Crippen molar-refractivity contribution in [1.29, 1.82) is 0 Å². The molecule has 0 aliphatic rings. The Morgan fingerprint density at radius 1 is 1.53 bits per heavy atom. The van der Waals surface area contributed by atoms with E-state index in [9.17, 15) is 9.18 Å². The van der Waals surface area contributed by atoms with Gasteiger partial charge in [0.05, 0.1) is 16.8 Å². The topological polar surface area (TPSA) is 46.9 Å². The summed E-state index contributed by atoms with van der Waals surface area (Å²) < 4.78 is 14.8. The Bertz CT molecular complexity index is 624. The number of benzene rings is 1. The molecule has 0 bridgehead atoms. The van der Waals surface area contributed by atoms with Crippen LogP contribution in [0.4, 0.5) is 4.39 Å². The van der Waals surface area contributed by atoms with E-state index in [0.717, 1.165) is 17.3 Å². The molecule has 2 aromatic rings. The van der Waals surface area contributed by atoms with E-state index in [1.165, 1.54) is 12.1 Å². The number of aryl methyl sites for hydroxylation is 1. The summed E-state index contributed by atoms with van der Waals surface area (Å²) in [5.41, 5.74) is 2.00. The van der Waals surface area contributed by atoms with E-state index in [0.29, 0.717) is 6.54 Å². The molecule has 0 unspecified atom stereocenters. The lowest BCUT2D eigenvalue weighted by Gasteiger charge is -2.06. The smallest absolute Gasteiger partial charge is 0.253 e. The van der Waals surface area contributed by atoms with Crippen LogP contribution in [0, 0.1) is 12.7 Å². The van der Waals surface area contributed by atoms with Crippen LogP contribution in [0.1, 0.15) is 21.6 Å². The zero-order valence-corrected chi connectivity index (χ0v) is 11.3. The second kappa shape index (κ2) is 5.40. The second-order valence-electron chi connectivity index (χ2n) is 4.19. The van der Waals surface area contributed by atoms with Crippen molar-refractivity contribution in [2.24, 2.45) is 7.05 Å². The first kappa shape index (κ1) is 13.5. The SMILES string of the molecule is Cc1c(CNC(=O)c2cc(F)ccc2Cl)cnn1C. The third-order valence-electron chi connectivity index (χ3n) is 2.95. The number of hydrogen-bond acceptors (Lipinski definition) is 2. The first-order valence-electron chi connectivity index (χ1n) is 5.69. The van der Waals surface area contributed by atoms with Crippen LogP contribution in [0.5, 0.6) is 0 Å². The molecule has 1 aromatic carbocycles. The predicted molar refractivity (Wildman–Crippen MR) is 70.5 cm³/mol. The fourth-order valence-corrected chi connectivity index (χ4v) is 1.86. The summed E-state index contributed by atoms with van der Waals surface area (Å²) in [4.78, 5) is 11.9. The van der Waals surface area contributed by atoms with Crippen molar-refractivity contribution in [3.63, 3.8) is 0 Å². The van der Waals surface area contributed by atoms with E-state index < -0.39 is 11.7 Å². The molecule has 0 saturated heterocycles. The summed E-state index contributed by atoms with van der Waals surface area (Å²) in [7, 11) is 1.82. The third kappa shape index (κ3) is 2.93. The van der Waals surface area contributed by atoms with Crippen LogP contribution in [-0.2, 0) is 13.6 Å². The molecule has 100 valence electrons. The molecule has 19 heavy (non-hydrogen) atoms. The Morgan fingerprint density at radius 3 is 2.89 bits per heavy atom. The summed E-state index contributed by atoms with van der Waals surface area (Å²) in [6.45, 7) is 2.23. The lowest BCUT2D eigenvalue weighted by atomic mass is 10.2. The van der Waals surface area contributed by atoms with Crippen molar-refractivity contribution in [1.82, 2.24) is 15.1 Å². The van der Waals surface area contributed by atoms with Crippen molar-refractivity contribution in [2.75, 3.05) is 0 Å². The minimum Gasteiger partial charge on any atom is -0.348 e. The number of hydrogen-bond donors (Lipinski definition) is 1. The minimum atomic E-state index is -0.493. The van der Waals surface area contributed by atoms with Crippen molar-refractivity contribution in [3.8, 4) is 0 Å². The van der Waals surface area contributed by atoms with E-state index in [-0.39, 0.29) is 10.6 Å². The molecule has 0 aliphatic carbocycles. The number of nitrogens with one attached hydrogen (secondary N) is 1. The van der Waals surface area contributed by atoms with Gasteiger partial charge in [-0.2, -0.15) is 5.10 Å². The molecular weight excluding hydrogens is 269 g/mol. The molecule has 0 aliphatic heterocycles. The highest BCUT2D eigenvalue weighted by atomic mass is 35.5. The average molecular weight is 282 g/mol. The highest BCUT2D eigenvalue weighted by Crippen LogP contribution is 2.17. The Labute approximate surface area is 115 Å². The molecule has 0 fully saturated rings. The van der Waals surface area contributed by atoms with Crippen molar-refractivity contribution in [3.05, 3.63) is 52.1 Å². The van der Waals surface area contributed by atoms with Crippen LogP contribution in [0.2, 0.25) is 5.02 Å². The van der Waals surface area contributed by atoms with E-state index >= 15 is 0 Å². The number of carbonyl (C=O) groups is 1. The lowest BCUT2D eigenvalue weighted by Crippen LogP contribution is -2.23. The van der Waals surface area contributed by atoms with E-state index in [4.69, 9.17) is 11.6 Å². The van der Waals surface area contributed by atoms with Gasteiger partial charge < -0.3 is 5.32 Å². The largest absolute Gasteiger partial charge is 0.348 e. The highest BCUT2D eigenvalue weighted by molar-refractivity contribution is 6.33. The third-order valence-corrected chi connectivity index (χ3v) is 3.28. The molecule has 0 atom stereocenters. The first-order valence-corrected chi connectivity index (χ1v) is 6.07. The predicted octanol–water partition coefficient (Wildman–Crippen LogP) is 2.45. The molecule has 2 rings (SSSR count). The molecule has 1 aromatic heterocycles. The van der Waals surface area contributed by atoms with E-state index in [2.05, 4.69) is 10.4 Å². The Balaban J connectivity index is 2.09. The summed E-state index contributed by atoms with van der Waals surface area (Å²) >= 11 is 5.86. The van der Waals surface area contributed by atoms with Gasteiger partial charge in [0.2, 0.25) is 0 Å². The van der Waals surface area contributed by atoms with Crippen LogP contribution in [0.3, 0.4) is 0 Å². The molecule has 1 amide bonds. The molecule has 4 nitrogen and oxygen atoms in total. The monoisotopic (exact) mass is 281 g/mol. The Kier molecular flexibility index (Phi) is 3.85.